The van der Waals surface area contributed by atoms with Gasteiger partial charge in [-0.05, 0) is 28.1 Å². The van der Waals surface area contributed by atoms with Crippen LogP contribution in [0.15, 0.2) is 41.7 Å². The molecule has 0 aliphatic carbocycles. The number of ether oxygens (including phenoxy) is 2. The second-order valence-corrected chi connectivity index (χ2v) is 6.83. The number of carbonyl (C=O) groups is 1. The van der Waals surface area contributed by atoms with E-state index in [0.717, 1.165) is 11.3 Å². The van der Waals surface area contributed by atoms with E-state index in [9.17, 15) is 9.18 Å². The summed E-state index contributed by atoms with van der Waals surface area (Å²) in [6.45, 7) is 0.0882. The number of halogens is 1. The molecule has 1 aromatic carbocycles. The molecule has 0 spiro atoms. The predicted molar refractivity (Wildman–Crippen MR) is 103 cm³/mol. The molecule has 0 bridgehead atoms. The Kier molecular flexibility index (Phi) is 6.95. The molecule has 0 aliphatic rings. The number of nitrogens with zero attached hydrogens (tertiary/aromatic N) is 5. The molecule has 0 saturated carbocycles. The van der Waals surface area contributed by atoms with Crippen LogP contribution in [0.4, 0.5) is 4.39 Å². The Morgan fingerprint density at radius 2 is 2.07 bits per heavy atom. The van der Waals surface area contributed by atoms with Crippen molar-refractivity contribution in [2.24, 2.45) is 7.05 Å². The molecule has 2 heterocycles. The van der Waals surface area contributed by atoms with Crippen molar-refractivity contribution in [3.63, 3.8) is 0 Å². The fourth-order valence-electron chi connectivity index (χ4n) is 2.29. The molecule has 29 heavy (non-hydrogen) atoms. The van der Waals surface area contributed by atoms with Crippen LogP contribution in [-0.4, -0.2) is 44.8 Å². The van der Waals surface area contributed by atoms with Crippen molar-refractivity contribution < 1.29 is 18.7 Å². The van der Waals surface area contributed by atoms with Crippen molar-refractivity contribution in [2.45, 2.75) is 17.5 Å². The Morgan fingerprint density at radius 1 is 1.28 bits per heavy atom. The van der Waals surface area contributed by atoms with E-state index in [1.165, 1.54) is 37.2 Å². The van der Waals surface area contributed by atoms with Crippen molar-refractivity contribution in [1.29, 1.82) is 0 Å². The molecular weight excluding hydrogens is 399 g/mol. The van der Waals surface area contributed by atoms with Gasteiger partial charge in [0.2, 0.25) is 5.16 Å². The van der Waals surface area contributed by atoms with Gasteiger partial charge in [0.25, 0.3) is 5.91 Å². The van der Waals surface area contributed by atoms with Crippen LogP contribution in [0.2, 0.25) is 0 Å². The second-order valence-electron chi connectivity index (χ2n) is 5.89. The first-order chi connectivity index (χ1) is 14.0. The van der Waals surface area contributed by atoms with Crippen molar-refractivity contribution in [1.82, 2.24) is 30.5 Å². The maximum Gasteiger partial charge on any atom is 0.258 e. The molecule has 1 amide bonds. The highest BCUT2D eigenvalue weighted by Gasteiger charge is 2.11. The smallest absolute Gasteiger partial charge is 0.258 e. The molecular formula is C18H19FN6O3S. The summed E-state index contributed by atoms with van der Waals surface area (Å²) >= 11 is 1.42. The zero-order valence-corrected chi connectivity index (χ0v) is 16.6. The van der Waals surface area contributed by atoms with Crippen LogP contribution >= 0.6 is 11.8 Å². The van der Waals surface area contributed by atoms with E-state index in [4.69, 9.17) is 9.47 Å². The summed E-state index contributed by atoms with van der Waals surface area (Å²) < 4.78 is 25.3. The molecule has 3 aromatic rings. The third-order valence-corrected chi connectivity index (χ3v) is 4.84. The Labute approximate surface area is 170 Å². The van der Waals surface area contributed by atoms with Crippen LogP contribution in [0.25, 0.3) is 0 Å². The maximum atomic E-state index is 12.9. The summed E-state index contributed by atoms with van der Waals surface area (Å²) in [6, 6.07) is 7.62. The number of hydrogen-bond donors (Lipinski definition) is 1. The van der Waals surface area contributed by atoms with E-state index in [1.54, 1.807) is 29.9 Å². The molecule has 3 rings (SSSR count). The lowest BCUT2D eigenvalue weighted by molar-refractivity contribution is -0.123. The van der Waals surface area contributed by atoms with E-state index in [1.807, 2.05) is 0 Å². The molecule has 0 fully saturated rings. The Bertz CT molecular complexity index is 966. The van der Waals surface area contributed by atoms with E-state index < -0.39 is 0 Å². The Morgan fingerprint density at radius 3 is 2.76 bits per heavy atom. The van der Waals surface area contributed by atoms with Gasteiger partial charge < -0.3 is 14.8 Å². The highest BCUT2D eigenvalue weighted by Crippen LogP contribution is 2.28. The van der Waals surface area contributed by atoms with Gasteiger partial charge in [-0.1, -0.05) is 23.9 Å². The number of methoxy groups -OCH3 is 1. The lowest BCUT2D eigenvalue weighted by atomic mass is 10.2. The van der Waals surface area contributed by atoms with Crippen molar-refractivity contribution in [2.75, 3.05) is 13.7 Å². The van der Waals surface area contributed by atoms with Gasteiger partial charge in [-0.3, -0.25) is 9.78 Å². The average molecular weight is 418 g/mol. The number of nitrogens with one attached hydrogen (secondary N) is 1. The first-order valence-electron chi connectivity index (χ1n) is 8.57. The number of amides is 1. The van der Waals surface area contributed by atoms with E-state index in [-0.39, 0.29) is 24.9 Å². The minimum atomic E-state index is -0.322. The SMILES string of the molecule is COc1cnc(CSc2nnnn2C)cc1OCC(=O)NCc1ccc(F)cc1. The standard InChI is InChI=1S/C18H19FN6O3S/c1-25-18(22-23-24-25)29-11-14-7-15(16(27-2)9-20-14)28-10-17(26)21-8-12-3-5-13(19)6-4-12/h3-7,9H,8,10-11H2,1-2H3,(H,21,26). The summed E-state index contributed by atoms with van der Waals surface area (Å²) in [7, 11) is 3.25. The number of aromatic nitrogens is 5. The van der Waals surface area contributed by atoms with Crippen LogP contribution in [0.3, 0.4) is 0 Å². The molecule has 2 aromatic heterocycles. The molecule has 0 radical (unpaired) electrons. The number of pyridine rings is 1. The summed E-state index contributed by atoms with van der Waals surface area (Å²) in [4.78, 5) is 16.4. The fraction of sp³-hybridized carbons (Fsp3) is 0.278. The van der Waals surface area contributed by atoms with Crippen molar-refractivity contribution >= 4 is 17.7 Å². The first kappa shape index (κ1) is 20.5. The molecule has 11 heteroatoms. The minimum absolute atomic E-state index is 0.193. The maximum absolute atomic E-state index is 12.9. The first-order valence-corrected chi connectivity index (χ1v) is 9.55. The van der Waals surface area contributed by atoms with Gasteiger partial charge in [0.15, 0.2) is 18.1 Å². The topological polar surface area (TPSA) is 104 Å². The molecule has 152 valence electrons. The van der Waals surface area contributed by atoms with Gasteiger partial charge in [0.1, 0.15) is 5.82 Å². The monoisotopic (exact) mass is 418 g/mol. The lowest BCUT2D eigenvalue weighted by Crippen LogP contribution is -2.28. The molecule has 1 N–H and O–H groups in total. The van der Waals surface area contributed by atoms with Gasteiger partial charge in [-0.25, -0.2) is 9.07 Å². The molecule has 0 unspecified atom stereocenters. The zero-order chi connectivity index (χ0) is 20.6. The largest absolute Gasteiger partial charge is 0.491 e. The molecule has 0 saturated heterocycles. The number of carbonyl (C=O) groups excluding carboxylic acids is 1. The van der Waals surface area contributed by atoms with Crippen molar-refractivity contribution in [3.8, 4) is 11.5 Å². The summed E-state index contributed by atoms with van der Waals surface area (Å²) in [5.74, 6) is 0.717. The number of tetrazole rings is 1. The van der Waals surface area contributed by atoms with Gasteiger partial charge in [0, 0.05) is 25.4 Å². The van der Waals surface area contributed by atoms with Crippen LogP contribution in [0.5, 0.6) is 11.5 Å². The third-order valence-electron chi connectivity index (χ3n) is 3.80. The molecule has 9 nitrogen and oxygen atoms in total. The lowest BCUT2D eigenvalue weighted by Gasteiger charge is -2.12. The van der Waals surface area contributed by atoms with E-state index >= 15 is 0 Å². The third kappa shape index (κ3) is 5.88. The number of rotatable bonds is 9. The number of benzene rings is 1. The Balaban J connectivity index is 1.54. The van der Waals surface area contributed by atoms with Crippen LogP contribution in [0, 0.1) is 5.82 Å². The summed E-state index contributed by atoms with van der Waals surface area (Å²) in [5, 5.41) is 14.6. The van der Waals surface area contributed by atoms with Gasteiger partial charge in [0.05, 0.1) is 19.0 Å². The number of thioether (sulfide) groups is 1. The second kappa shape index (κ2) is 9.82. The van der Waals surface area contributed by atoms with E-state index in [2.05, 4.69) is 25.8 Å². The van der Waals surface area contributed by atoms with E-state index in [0.29, 0.717) is 22.4 Å². The quantitative estimate of drug-likeness (QED) is 0.524. The average Bonchev–Trinajstić information content (AvgIpc) is 3.15. The van der Waals surface area contributed by atoms with Crippen LogP contribution in [-0.2, 0) is 24.1 Å². The summed E-state index contributed by atoms with van der Waals surface area (Å²) in [6.07, 6.45) is 1.54. The van der Waals surface area contributed by atoms with Gasteiger partial charge in [-0.2, -0.15) is 0 Å². The van der Waals surface area contributed by atoms with Crippen molar-refractivity contribution in [3.05, 3.63) is 53.6 Å². The molecule has 0 aliphatic heterocycles. The predicted octanol–water partition coefficient (Wildman–Crippen LogP) is 1.74. The van der Waals surface area contributed by atoms with Gasteiger partial charge in [-0.15, -0.1) is 5.10 Å². The molecule has 0 atom stereocenters. The highest BCUT2D eigenvalue weighted by atomic mass is 32.2. The number of aryl methyl sites for hydroxylation is 1. The highest BCUT2D eigenvalue weighted by molar-refractivity contribution is 7.98. The van der Waals surface area contributed by atoms with Crippen LogP contribution < -0.4 is 14.8 Å². The fourth-order valence-corrected chi connectivity index (χ4v) is 3.04. The minimum Gasteiger partial charge on any atom is -0.491 e. The zero-order valence-electron chi connectivity index (χ0n) is 15.8. The van der Waals surface area contributed by atoms with Crippen LogP contribution in [0.1, 0.15) is 11.3 Å². The number of hydrogen-bond acceptors (Lipinski definition) is 8. The van der Waals surface area contributed by atoms with Gasteiger partial charge >= 0.3 is 0 Å². The Hall–Kier alpha value is -3.21. The normalized spacial score (nSPS) is 10.6. The summed E-state index contributed by atoms with van der Waals surface area (Å²) in [5.41, 5.74) is 1.51.